The Kier molecular flexibility index (Phi) is 8.98. The number of hydrogen-bond acceptors (Lipinski definition) is 5. The van der Waals surface area contributed by atoms with E-state index in [1.54, 1.807) is 6.08 Å². The van der Waals surface area contributed by atoms with Gasteiger partial charge in [-0.15, -0.1) is 0 Å². The highest BCUT2D eigenvalue weighted by Gasteiger charge is 2.31. The van der Waals surface area contributed by atoms with Crippen molar-refractivity contribution in [1.29, 1.82) is 0 Å². The van der Waals surface area contributed by atoms with Crippen LogP contribution in [0.15, 0.2) is 64.0 Å². The summed E-state index contributed by atoms with van der Waals surface area (Å²) in [6.45, 7) is 1.92. The minimum atomic E-state index is -0.756. The number of carbonyl (C=O) groups is 1. The molecule has 164 valence electrons. The van der Waals surface area contributed by atoms with E-state index in [1.807, 2.05) is 6.92 Å². The first kappa shape index (κ1) is 24.0. The Morgan fingerprint density at radius 3 is 2.83 bits per heavy atom. The van der Waals surface area contributed by atoms with Gasteiger partial charge >= 0.3 is 0 Å². The summed E-state index contributed by atoms with van der Waals surface area (Å²) in [5, 5.41) is 2.94. The van der Waals surface area contributed by atoms with Gasteiger partial charge in [0.2, 0.25) is 5.91 Å². The molecular formula is C21H27F3N4OS. The number of nitrogens with two attached hydrogens (primary N) is 2. The number of amides is 1. The van der Waals surface area contributed by atoms with Crippen LogP contribution in [0.3, 0.4) is 0 Å². The summed E-state index contributed by atoms with van der Waals surface area (Å²) in [6, 6.07) is 0. The second-order valence-corrected chi connectivity index (χ2v) is 8.45. The highest BCUT2D eigenvalue weighted by atomic mass is 32.2. The van der Waals surface area contributed by atoms with E-state index in [4.69, 9.17) is 11.5 Å². The molecule has 0 radical (unpaired) electrons. The first-order chi connectivity index (χ1) is 14.2. The largest absolute Gasteiger partial charge is 0.379 e. The number of aliphatic imine (C=N–C) groups is 1. The van der Waals surface area contributed by atoms with E-state index in [1.165, 1.54) is 23.9 Å². The Bertz CT molecular complexity index is 845. The predicted octanol–water partition coefficient (Wildman–Crippen LogP) is 3.87. The average molecular weight is 441 g/mol. The molecule has 1 heterocycles. The molecule has 1 amide bonds. The lowest BCUT2D eigenvalue weighted by atomic mass is 9.89. The lowest BCUT2D eigenvalue weighted by molar-refractivity contribution is -0.120. The summed E-state index contributed by atoms with van der Waals surface area (Å²) in [6.07, 6.45) is 7.35. The second-order valence-electron chi connectivity index (χ2n) is 7.34. The number of nitrogens with zero attached hydrogens (tertiary/aromatic N) is 1. The third kappa shape index (κ3) is 7.87. The number of halogens is 3. The SMILES string of the molecule is C/C(=C\C=C(\F)CNC(=O)CC1=CCC(F)=CC(F)=C1)CC1(CN)CCSC(N)=N1. The van der Waals surface area contributed by atoms with Crippen LogP contribution in [-0.4, -0.2) is 35.5 Å². The van der Waals surface area contributed by atoms with Crippen LogP contribution < -0.4 is 16.8 Å². The number of nitrogens with one attached hydrogen (secondary N) is 1. The number of hydrogen-bond donors (Lipinski definition) is 3. The van der Waals surface area contributed by atoms with Crippen molar-refractivity contribution in [3.05, 3.63) is 59.0 Å². The fourth-order valence-electron chi connectivity index (χ4n) is 3.15. The maximum Gasteiger partial charge on any atom is 0.224 e. The average Bonchev–Trinajstić information content (AvgIpc) is 2.84. The lowest BCUT2D eigenvalue weighted by Gasteiger charge is -2.32. The molecule has 0 aromatic rings. The molecule has 0 aromatic carbocycles. The van der Waals surface area contributed by atoms with E-state index >= 15 is 0 Å². The zero-order valence-electron chi connectivity index (χ0n) is 16.9. The third-order valence-electron chi connectivity index (χ3n) is 4.70. The molecule has 5 nitrogen and oxygen atoms in total. The van der Waals surface area contributed by atoms with Gasteiger partial charge < -0.3 is 16.8 Å². The molecule has 0 spiro atoms. The summed E-state index contributed by atoms with van der Waals surface area (Å²) in [5.41, 5.74) is 12.5. The fraction of sp³-hybridized carbons (Fsp3) is 0.429. The van der Waals surface area contributed by atoms with Gasteiger partial charge in [0.15, 0.2) is 5.17 Å². The standard InChI is InChI=1S/C21H27F3N4OS/c1-14(11-21(13-25)6-7-30-20(26)28-21)2-4-17(23)12-27-19(29)9-15-3-5-16(22)10-18(24)8-15/h2-4,8,10H,5-7,9,11-13,25H2,1H3,(H2,26,28)(H,27,29)/b14-2+,17-4+. The van der Waals surface area contributed by atoms with Gasteiger partial charge in [0, 0.05) is 24.8 Å². The van der Waals surface area contributed by atoms with Crippen molar-refractivity contribution in [2.75, 3.05) is 18.8 Å². The molecule has 1 aliphatic heterocycles. The Labute approximate surface area is 178 Å². The maximum atomic E-state index is 14.1. The van der Waals surface area contributed by atoms with Gasteiger partial charge in [-0.25, -0.2) is 13.2 Å². The number of carbonyl (C=O) groups excluding carboxylic acids is 1. The lowest BCUT2D eigenvalue weighted by Crippen LogP contribution is -2.41. The Morgan fingerprint density at radius 1 is 1.37 bits per heavy atom. The van der Waals surface area contributed by atoms with Crippen molar-refractivity contribution in [2.45, 2.75) is 38.1 Å². The van der Waals surface area contributed by atoms with Gasteiger partial charge in [-0.05, 0) is 37.5 Å². The molecule has 0 bridgehead atoms. The van der Waals surface area contributed by atoms with Gasteiger partial charge in [-0.1, -0.05) is 29.5 Å². The van der Waals surface area contributed by atoms with Gasteiger partial charge in [0.25, 0.3) is 0 Å². The minimum Gasteiger partial charge on any atom is -0.379 e. The molecule has 1 aliphatic carbocycles. The van der Waals surface area contributed by atoms with Crippen LogP contribution in [0.2, 0.25) is 0 Å². The van der Waals surface area contributed by atoms with E-state index in [-0.39, 0.29) is 19.4 Å². The molecule has 2 rings (SSSR count). The van der Waals surface area contributed by atoms with Crippen LogP contribution in [0.4, 0.5) is 13.2 Å². The van der Waals surface area contributed by atoms with Crippen LogP contribution in [0, 0.1) is 0 Å². The zero-order valence-corrected chi connectivity index (χ0v) is 17.7. The van der Waals surface area contributed by atoms with E-state index in [9.17, 15) is 18.0 Å². The summed E-state index contributed by atoms with van der Waals surface area (Å²) < 4.78 is 40.7. The number of thioether (sulfide) groups is 1. The summed E-state index contributed by atoms with van der Waals surface area (Å²) in [5.74, 6) is -1.55. The molecule has 2 aliphatic rings. The quantitative estimate of drug-likeness (QED) is 0.500. The van der Waals surface area contributed by atoms with E-state index in [0.717, 1.165) is 29.9 Å². The number of amidine groups is 1. The maximum absolute atomic E-state index is 14.1. The van der Waals surface area contributed by atoms with Crippen molar-refractivity contribution < 1.29 is 18.0 Å². The monoisotopic (exact) mass is 440 g/mol. The van der Waals surface area contributed by atoms with Crippen LogP contribution in [0.5, 0.6) is 0 Å². The van der Waals surface area contributed by atoms with Gasteiger partial charge in [0.1, 0.15) is 17.5 Å². The second kappa shape index (κ2) is 11.2. The van der Waals surface area contributed by atoms with Gasteiger partial charge in [-0.3, -0.25) is 9.79 Å². The fourth-order valence-corrected chi connectivity index (χ4v) is 4.10. The molecule has 0 saturated heterocycles. The molecule has 0 aromatic heterocycles. The van der Waals surface area contributed by atoms with Crippen LogP contribution in [-0.2, 0) is 4.79 Å². The van der Waals surface area contributed by atoms with Gasteiger partial charge in [-0.2, -0.15) is 0 Å². The molecule has 0 saturated carbocycles. The number of rotatable bonds is 8. The van der Waals surface area contributed by atoms with Crippen molar-refractivity contribution >= 4 is 22.8 Å². The zero-order chi connectivity index (χ0) is 22.1. The van der Waals surface area contributed by atoms with E-state index < -0.39 is 28.9 Å². The minimum absolute atomic E-state index is 0.0798. The number of allylic oxidation sites excluding steroid dienone is 7. The Balaban J connectivity index is 1.86. The summed E-state index contributed by atoms with van der Waals surface area (Å²) in [7, 11) is 0. The summed E-state index contributed by atoms with van der Waals surface area (Å²) >= 11 is 1.49. The van der Waals surface area contributed by atoms with Crippen molar-refractivity contribution in [3.63, 3.8) is 0 Å². The smallest absolute Gasteiger partial charge is 0.224 e. The van der Waals surface area contributed by atoms with E-state index in [0.29, 0.717) is 23.7 Å². The molecule has 9 heteroatoms. The first-order valence-corrected chi connectivity index (χ1v) is 10.6. The molecule has 0 fully saturated rings. The molecule has 1 atom stereocenters. The van der Waals surface area contributed by atoms with E-state index in [2.05, 4.69) is 10.3 Å². The van der Waals surface area contributed by atoms with Crippen LogP contribution >= 0.6 is 11.8 Å². The normalized spacial score (nSPS) is 23.1. The Hall–Kier alpha value is -2.26. The third-order valence-corrected chi connectivity index (χ3v) is 5.49. The van der Waals surface area contributed by atoms with Crippen molar-refractivity contribution in [3.8, 4) is 0 Å². The first-order valence-electron chi connectivity index (χ1n) is 9.60. The highest BCUT2D eigenvalue weighted by molar-refractivity contribution is 8.13. The highest BCUT2D eigenvalue weighted by Crippen LogP contribution is 2.30. The molecular weight excluding hydrogens is 413 g/mol. The predicted molar refractivity (Wildman–Crippen MR) is 117 cm³/mol. The van der Waals surface area contributed by atoms with Crippen LogP contribution in [0.25, 0.3) is 0 Å². The summed E-state index contributed by atoms with van der Waals surface area (Å²) in [4.78, 5) is 16.4. The van der Waals surface area contributed by atoms with Crippen LogP contribution in [0.1, 0.15) is 32.6 Å². The molecule has 5 N–H and O–H groups in total. The Morgan fingerprint density at radius 2 is 2.13 bits per heavy atom. The molecule has 30 heavy (non-hydrogen) atoms. The van der Waals surface area contributed by atoms with Gasteiger partial charge in [0.05, 0.1) is 18.5 Å². The topological polar surface area (TPSA) is 93.5 Å². The molecule has 1 unspecified atom stereocenters. The van der Waals surface area contributed by atoms with Crippen molar-refractivity contribution in [1.82, 2.24) is 5.32 Å². The van der Waals surface area contributed by atoms with Crippen molar-refractivity contribution in [2.24, 2.45) is 16.5 Å².